The molecular weight excluding hydrogens is 1730 g/mol. The molecule has 3 aromatic heterocycles. The summed E-state index contributed by atoms with van der Waals surface area (Å²) in [7, 11) is -9.42. The molecule has 0 spiro atoms. The zero-order valence-electron chi connectivity index (χ0n) is 75.5. The number of hydrogen-bond acceptors (Lipinski definition) is 3. The molecule has 6 aliphatic rings. The van der Waals surface area contributed by atoms with Crippen LogP contribution in [-0.4, -0.2) is 13.7 Å². The first-order chi connectivity index (χ1) is 67.9. The van der Waals surface area contributed by atoms with E-state index in [0.717, 1.165) is 171 Å². The minimum Gasteiger partial charge on any atom is -0.309 e. The maximum atomic E-state index is 15.8. The van der Waals surface area contributed by atoms with Gasteiger partial charge in [0.15, 0.2) is 21.4 Å². The summed E-state index contributed by atoms with van der Waals surface area (Å²) in [5, 5.41) is 27.7. The second-order valence-electron chi connectivity index (χ2n) is 38.4. The van der Waals surface area contributed by atoms with Gasteiger partial charge in [-0.1, -0.05) is 384 Å². The normalized spacial score (nSPS) is 16.8. The summed E-state index contributed by atoms with van der Waals surface area (Å²) in [6.45, 7) is 4.68. The number of benzene rings is 22. The third-order valence-corrected chi connectivity index (χ3v) is 40.6. The monoisotopic (exact) mass is 1820 g/mol. The number of hydrogen-bond donors (Lipinski definition) is 0. The average Bonchev–Trinajstić information content (AvgIpc) is 1.53. The van der Waals surface area contributed by atoms with Crippen LogP contribution in [0.25, 0.3) is 204 Å². The van der Waals surface area contributed by atoms with E-state index >= 15 is 13.7 Å². The highest BCUT2D eigenvalue weighted by atomic mass is 31.2. The zero-order valence-corrected chi connectivity index (χ0v) is 78.2. The largest absolute Gasteiger partial charge is 0.309 e. The molecule has 3 aliphatic heterocycles. The molecule has 648 valence electrons. The highest BCUT2D eigenvalue weighted by Gasteiger charge is 2.47. The molecule has 6 nitrogen and oxygen atoms in total. The predicted octanol–water partition coefficient (Wildman–Crippen LogP) is 29.7. The van der Waals surface area contributed by atoms with Gasteiger partial charge in [-0.15, -0.1) is 0 Å². The molecule has 0 N–H and O–H groups in total. The van der Waals surface area contributed by atoms with Crippen LogP contribution in [0.2, 0.25) is 0 Å². The number of nitrogens with zero attached hydrogens (tertiary/aromatic N) is 3. The lowest BCUT2D eigenvalue weighted by Gasteiger charge is -2.25. The number of para-hydroxylation sites is 3. The van der Waals surface area contributed by atoms with E-state index in [0.29, 0.717) is 0 Å². The quantitative estimate of drug-likeness (QED) is 0.118. The molecule has 0 saturated carbocycles. The standard InChI is InChI=1S/C49H34NOP.C40H24NOP.C40H26NOP/c1-49(2)42-17-9-6-14-37(42)38-25-23-33(30-43(38)49)32-21-20-31-22-24-35(29-34(31)28-32)50-44-18-10-7-16-41(44)47-45(50)27-26-40-39-15-8-11-19-46(39)52(51,48(40)47)36-12-4-3-5-13-36;42-43(30-11-2-1-3-12-30)36-16-7-5-13-31(36)32-21-22-35-39(40(32)43)33-14-4-6-15-34(33)41(35)29-23-27-19-17-25-9-8-10-26-18-20-28(24-29)38(27)37(25)26;42-43(28-11-2-1-3-12-28)36-16-7-5-13-29(36)30-22-24-35-39(40(30)43)31-14-4-6-15-33(31)41(35)34-23-20-27-18-17-25-9-8-10-26-19-21-32(34)38(27)37(25)26/h3-30H,1-2H3;1-24H;1-8,10-17,19-24H,9,18H2. The first-order valence-corrected chi connectivity index (χ1v) is 52.9. The van der Waals surface area contributed by atoms with Crippen LogP contribution in [0.5, 0.6) is 0 Å². The maximum absolute atomic E-state index is 15.8. The number of rotatable bonds is 7. The minimum absolute atomic E-state index is 0.0471. The molecular formula is C129H84N3O3P3. The Labute approximate surface area is 797 Å². The van der Waals surface area contributed by atoms with Crippen molar-refractivity contribution >= 4 is 200 Å². The summed E-state index contributed by atoms with van der Waals surface area (Å²) >= 11 is 0. The molecule has 3 aliphatic carbocycles. The Balaban J connectivity index is 0.000000100. The van der Waals surface area contributed by atoms with E-state index in [1.807, 2.05) is 109 Å². The van der Waals surface area contributed by atoms with Crippen molar-refractivity contribution < 1.29 is 13.7 Å². The number of aromatic nitrogens is 3. The second kappa shape index (κ2) is 29.5. The molecule has 3 unspecified atom stereocenters. The van der Waals surface area contributed by atoms with Crippen LogP contribution in [0.1, 0.15) is 48.1 Å². The van der Waals surface area contributed by atoms with Gasteiger partial charge in [0.25, 0.3) is 0 Å². The zero-order chi connectivity index (χ0) is 91.3. The van der Waals surface area contributed by atoms with E-state index in [1.165, 1.54) is 115 Å². The van der Waals surface area contributed by atoms with Gasteiger partial charge >= 0.3 is 0 Å². The Kier molecular flexibility index (Phi) is 17.0. The lowest BCUT2D eigenvalue weighted by atomic mass is 9.81. The molecule has 9 heteroatoms. The predicted molar refractivity (Wildman–Crippen MR) is 585 cm³/mol. The van der Waals surface area contributed by atoms with Gasteiger partial charge < -0.3 is 27.4 Å². The van der Waals surface area contributed by atoms with Gasteiger partial charge in [0.2, 0.25) is 0 Å². The van der Waals surface area contributed by atoms with Gasteiger partial charge in [-0.2, -0.15) is 0 Å². The lowest BCUT2D eigenvalue weighted by molar-refractivity contribution is 0.592. The van der Waals surface area contributed by atoms with Crippen LogP contribution >= 0.6 is 21.4 Å². The molecule has 22 aromatic carbocycles. The number of allylic oxidation sites excluding steroid dienone is 3. The molecule has 0 radical (unpaired) electrons. The topological polar surface area (TPSA) is 66.0 Å². The van der Waals surface area contributed by atoms with Crippen molar-refractivity contribution in [1.82, 2.24) is 13.7 Å². The fourth-order valence-corrected chi connectivity index (χ4v) is 34.9. The Morgan fingerprint density at radius 2 is 0.681 bits per heavy atom. The summed E-state index contributed by atoms with van der Waals surface area (Å²) < 4.78 is 54.3. The maximum Gasteiger partial charge on any atom is 0.172 e. The van der Waals surface area contributed by atoms with Gasteiger partial charge in [-0.3, -0.25) is 0 Å². The molecule has 3 atom stereocenters. The fourth-order valence-electron chi connectivity index (χ4n) is 25.1. The summed E-state index contributed by atoms with van der Waals surface area (Å²) in [5.74, 6) is 0. The third-order valence-electron chi connectivity index (χ3n) is 31.1. The van der Waals surface area contributed by atoms with Gasteiger partial charge in [0.1, 0.15) is 0 Å². The van der Waals surface area contributed by atoms with E-state index in [9.17, 15) is 0 Å². The SMILES string of the molecule is CC1(C)c2ccccc2-c2ccc(-c3ccc4ccc(-n5c6ccccc6c6c7c(ccc65)-c5ccccc5P7(=O)c5ccccc5)cc4c3)cc21.O=P1(c2ccccc2)c2ccccc2-c2ccc3c(c21)c1ccccc1n3-c1cc2ccc3cccc4ccc(c1)c2c34.O=P1(c2ccccc2)c2ccccc2-c2ccc3c(c21)c1ccccc1n3-c1ccc2c3c4c(ccc13)C=CCC4=CC2. The van der Waals surface area contributed by atoms with Gasteiger partial charge in [-0.25, -0.2) is 0 Å². The minimum atomic E-state index is -3.16. The third kappa shape index (κ3) is 10.9. The Morgan fingerprint density at radius 3 is 1.23 bits per heavy atom. The summed E-state index contributed by atoms with van der Waals surface area (Å²) in [6, 6.07) is 153. The van der Waals surface area contributed by atoms with Crippen LogP contribution < -0.4 is 47.7 Å². The first kappa shape index (κ1) is 79.4. The number of fused-ring (bicyclic) bond motifs is 25. The van der Waals surface area contributed by atoms with Crippen molar-refractivity contribution in [3.63, 3.8) is 0 Å². The van der Waals surface area contributed by atoms with E-state index in [2.05, 4.69) is 367 Å². The highest BCUT2D eigenvalue weighted by Crippen LogP contribution is 2.60. The molecule has 138 heavy (non-hydrogen) atoms. The molecule has 0 amide bonds. The van der Waals surface area contributed by atoms with Crippen molar-refractivity contribution in [2.75, 3.05) is 0 Å². The van der Waals surface area contributed by atoms with Crippen LogP contribution in [0.3, 0.4) is 0 Å². The molecule has 0 bridgehead atoms. The second-order valence-corrected chi connectivity index (χ2v) is 46.4. The van der Waals surface area contributed by atoms with Crippen molar-refractivity contribution in [2.24, 2.45) is 0 Å². The summed E-state index contributed by atoms with van der Waals surface area (Å²) in [5.41, 5.74) is 29.8. The van der Waals surface area contributed by atoms with Crippen molar-refractivity contribution in [3.8, 4) is 72.7 Å². The highest BCUT2D eigenvalue weighted by molar-refractivity contribution is 7.88. The van der Waals surface area contributed by atoms with E-state index in [-0.39, 0.29) is 5.41 Å². The molecule has 0 saturated heterocycles. The molecule has 31 rings (SSSR count). The van der Waals surface area contributed by atoms with Crippen molar-refractivity contribution in [1.29, 1.82) is 0 Å². The van der Waals surface area contributed by atoms with E-state index in [4.69, 9.17) is 0 Å². The van der Waals surface area contributed by atoms with Crippen molar-refractivity contribution in [3.05, 3.63) is 471 Å². The Bertz CT molecular complexity index is 9880. The molecule has 6 heterocycles. The molecule has 0 fully saturated rings. The Hall–Kier alpha value is -16.0. The Morgan fingerprint density at radius 1 is 0.261 bits per heavy atom. The molecule has 25 aromatic rings. The van der Waals surface area contributed by atoms with Crippen LogP contribution in [0, 0.1) is 0 Å². The van der Waals surface area contributed by atoms with Crippen LogP contribution in [0.4, 0.5) is 0 Å². The van der Waals surface area contributed by atoms with E-state index < -0.39 is 21.4 Å². The van der Waals surface area contributed by atoms with Gasteiger partial charge in [0, 0.05) is 102 Å². The van der Waals surface area contributed by atoms with Crippen LogP contribution in [-0.2, 0) is 25.5 Å². The van der Waals surface area contributed by atoms with Crippen LogP contribution in [0.15, 0.2) is 443 Å². The van der Waals surface area contributed by atoms with Crippen molar-refractivity contribution in [2.45, 2.75) is 32.1 Å². The lowest BCUT2D eigenvalue weighted by Crippen LogP contribution is -2.21. The first-order valence-electron chi connectivity index (χ1n) is 47.8. The van der Waals surface area contributed by atoms with E-state index in [1.54, 1.807) is 0 Å². The van der Waals surface area contributed by atoms with Gasteiger partial charge in [-0.05, 0) is 229 Å². The fraction of sp³-hybridized carbons (Fsp3) is 0.0388. The smallest absolute Gasteiger partial charge is 0.172 e. The summed E-state index contributed by atoms with van der Waals surface area (Å²) in [6.07, 6.45) is 8.93. The van der Waals surface area contributed by atoms with Gasteiger partial charge in [0.05, 0.1) is 38.8 Å². The average molecular weight is 1820 g/mol. The summed E-state index contributed by atoms with van der Waals surface area (Å²) in [4.78, 5) is 0.